The van der Waals surface area contributed by atoms with Crippen LogP contribution in [0.1, 0.15) is 30.5 Å². The van der Waals surface area contributed by atoms with Crippen LogP contribution in [0.3, 0.4) is 0 Å². The Bertz CT molecular complexity index is 985. The minimum absolute atomic E-state index is 0.0748. The van der Waals surface area contributed by atoms with Crippen molar-refractivity contribution in [2.24, 2.45) is 0 Å². The quantitative estimate of drug-likeness (QED) is 0.378. The molecule has 0 aromatic heterocycles. The van der Waals surface area contributed by atoms with Crippen LogP contribution in [0.15, 0.2) is 54.1 Å². The molecule has 1 unspecified atom stereocenters. The number of aliphatic hydroxyl groups excluding tert-OH is 1. The summed E-state index contributed by atoms with van der Waals surface area (Å²) in [6.45, 7) is 3.51. The number of carbonyl (C=O) groups excluding carboxylic acids is 2. The lowest BCUT2D eigenvalue weighted by atomic mass is 9.95. The van der Waals surface area contributed by atoms with Crippen LogP contribution in [0.25, 0.3) is 5.76 Å². The molecular weight excluding hydrogens is 416 g/mol. The summed E-state index contributed by atoms with van der Waals surface area (Å²) in [6.07, 6.45) is 0.698. The standard InChI is InChI=1S/C24H27ClN2O4/c1-4-31-19-8-5-7-17(15-19)22(28)20-21(16-9-11-18(25)12-10-16)27(24(30)23(20)29)14-6-13-26(2)3/h5,7-12,15,21,28H,4,6,13-14H2,1-3H3/b22-20+. The summed E-state index contributed by atoms with van der Waals surface area (Å²) < 4.78 is 5.51. The highest BCUT2D eigenvalue weighted by Gasteiger charge is 2.45. The first-order chi connectivity index (χ1) is 14.8. The zero-order valence-electron chi connectivity index (χ0n) is 18.0. The van der Waals surface area contributed by atoms with Crippen molar-refractivity contribution in [3.8, 4) is 5.75 Å². The Morgan fingerprint density at radius 1 is 1.16 bits per heavy atom. The van der Waals surface area contributed by atoms with Gasteiger partial charge in [0.2, 0.25) is 0 Å². The maximum absolute atomic E-state index is 13.0. The molecule has 2 aromatic rings. The lowest BCUT2D eigenvalue weighted by Crippen LogP contribution is -2.32. The molecule has 0 radical (unpaired) electrons. The number of ketones is 1. The molecule has 1 fully saturated rings. The first-order valence-corrected chi connectivity index (χ1v) is 10.6. The molecule has 1 heterocycles. The number of benzene rings is 2. The number of hydrogen-bond acceptors (Lipinski definition) is 5. The molecule has 1 N–H and O–H groups in total. The number of halogens is 1. The molecule has 1 aliphatic heterocycles. The maximum atomic E-state index is 13.0. The molecule has 2 aromatic carbocycles. The van der Waals surface area contributed by atoms with Crippen molar-refractivity contribution < 1.29 is 19.4 Å². The number of carbonyl (C=O) groups is 2. The summed E-state index contributed by atoms with van der Waals surface area (Å²) in [6, 6.07) is 13.2. The maximum Gasteiger partial charge on any atom is 0.295 e. The number of hydrogen-bond donors (Lipinski definition) is 1. The molecule has 1 aliphatic rings. The molecule has 31 heavy (non-hydrogen) atoms. The van der Waals surface area contributed by atoms with E-state index in [2.05, 4.69) is 0 Å². The number of amides is 1. The van der Waals surface area contributed by atoms with Gasteiger partial charge in [0.25, 0.3) is 11.7 Å². The van der Waals surface area contributed by atoms with Gasteiger partial charge < -0.3 is 19.6 Å². The van der Waals surface area contributed by atoms with Crippen LogP contribution in [-0.4, -0.2) is 60.4 Å². The SMILES string of the molecule is CCOc1cccc(/C(O)=C2\C(=O)C(=O)N(CCCN(C)C)C2c2ccc(Cl)cc2)c1. The molecule has 1 amide bonds. The minimum atomic E-state index is -0.691. The van der Waals surface area contributed by atoms with Crippen LogP contribution in [0.5, 0.6) is 5.75 Å². The summed E-state index contributed by atoms with van der Waals surface area (Å²) in [7, 11) is 3.91. The van der Waals surface area contributed by atoms with Gasteiger partial charge in [-0.25, -0.2) is 0 Å². The van der Waals surface area contributed by atoms with E-state index in [1.807, 2.05) is 25.9 Å². The van der Waals surface area contributed by atoms with Crippen LogP contribution >= 0.6 is 11.6 Å². The molecule has 1 saturated heterocycles. The Balaban J connectivity index is 2.08. The molecule has 6 nitrogen and oxygen atoms in total. The first-order valence-electron chi connectivity index (χ1n) is 10.2. The van der Waals surface area contributed by atoms with Crippen LogP contribution in [0.2, 0.25) is 5.02 Å². The third-order valence-electron chi connectivity index (χ3n) is 5.15. The van der Waals surface area contributed by atoms with E-state index >= 15 is 0 Å². The highest BCUT2D eigenvalue weighted by Crippen LogP contribution is 2.40. The van der Waals surface area contributed by atoms with Gasteiger partial charge in [0.05, 0.1) is 18.2 Å². The second kappa shape index (κ2) is 9.98. The van der Waals surface area contributed by atoms with Gasteiger partial charge >= 0.3 is 0 Å². The van der Waals surface area contributed by atoms with E-state index in [9.17, 15) is 14.7 Å². The molecular formula is C24H27ClN2O4. The Hall–Kier alpha value is -2.83. The largest absolute Gasteiger partial charge is 0.507 e. The molecule has 1 atom stereocenters. The molecule has 0 bridgehead atoms. The van der Waals surface area contributed by atoms with Gasteiger partial charge in [-0.1, -0.05) is 35.9 Å². The summed E-state index contributed by atoms with van der Waals surface area (Å²) in [5.74, 6) is -0.935. The summed E-state index contributed by atoms with van der Waals surface area (Å²) in [4.78, 5) is 29.5. The Morgan fingerprint density at radius 3 is 2.52 bits per heavy atom. The fourth-order valence-corrected chi connectivity index (χ4v) is 3.84. The molecule has 0 spiro atoms. The van der Waals surface area contributed by atoms with Gasteiger partial charge in [-0.15, -0.1) is 0 Å². The smallest absolute Gasteiger partial charge is 0.295 e. The van der Waals surface area contributed by atoms with Crippen molar-refractivity contribution in [3.63, 3.8) is 0 Å². The summed E-state index contributed by atoms with van der Waals surface area (Å²) >= 11 is 6.04. The molecule has 0 saturated carbocycles. The average Bonchev–Trinajstić information content (AvgIpc) is 2.99. The number of ether oxygens (including phenoxy) is 1. The van der Waals surface area contributed by atoms with E-state index in [1.54, 1.807) is 48.5 Å². The number of likely N-dealkylation sites (tertiary alicyclic amines) is 1. The Morgan fingerprint density at radius 2 is 1.87 bits per heavy atom. The number of rotatable bonds is 8. The van der Waals surface area contributed by atoms with Crippen LogP contribution in [0, 0.1) is 0 Å². The van der Waals surface area contributed by atoms with E-state index in [4.69, 9.17) is 16.3 Å². The van der Waals surface area contributed by atoms with Crippen LogP contribution < -0.4 is 4.74 Å². The second-order valence-electron chi connectivity index (χ2n) is 7.66. The minimum Gasteiger partial charge on any atom is -0.507 e. The van der Waals surface area contributed by atoms with Gasteiger partial charge in [0.1, 0.15) is 11.5 Å². The van der Waals surface area contributed by atoms with Gasteiger partial charge in [-0.05, 0) is 63.8 Å². The second-order valence-corrected chi connectivity index (χ2v) is 8.10. The zero-order chi connectivity index (χ0) is 22.5. The predicted octanol–water partition coefficient (Wildman–Crippen LogP) is 4.11. The van der Waals surface area contributed by atoms with Crippen molar-refractivity contribution in [3.05, 3.63) is 70.3 Å². The van der Waals surface area contributed by atoms with Crippen molar-refractivity contribution in [2.75, 3.05) is 33.8 Å². The van der Waals surface area contributed by atoms with Crippen molar-refractivity contribution >= 4 is 29.1 Å². The Kier molecular flexibility index (Phi) is 7.36. The van der Waals surface area contributed by atoms with Gasteiger partial charge in [-0.2, -0.15) is 0 Å². The van der Waals surface area contributed by atoms with E-state index in [0.29, 0.717) is 35.9 Å². The number of nitrogens with zero attached hydrogens (tertiary/aromatic N) is 2. The monoisotopic (exact) mass is 442 g/mol. The third kappa shape index (κ3) is 5.09. The molecule has 0 aliphatic carbocycles. The fraction of sp³-hybridized carbons (Fsp3) is 0.333. The van der Waals surface area contributed by atoms with E-state index < -0.39 is 17.7 Å². The highest BCUT2D eigenvalue weighted by atomic mass is 35.5. The van der Waals surface area contributed by atoms with E-state index in [0.717, 1.165) is 12.1 Å². The predicted molar refractivity (Wildman–Crippen MR) is 121 cm³/mol. The normalized spacial score (nSPS) is 18.1. The van der Waals surface area contributed by atoms with Crippen LogP contribution in [0.4, 0.5) is 0 Å². The lowest BCUT2D eigenvalue weighted by molar-refractivity contribution is -0.139. The Labute approximate surface area is 187 Å². The summed E-state index contributed by atoms with van der Waals surface area (Å²) in [5.41, 5.74) is 1.22. The van der Waals surface area contributed by atoms with E-state index in [-0.39, 0.29) is 11.3 Å². The first kappa shape index (κ1) is 22.8. The van der Waals surface area contributed by atoms with Gasteiger partial charge in [-0.3, -0.25) is 9.59 Å². The third-order valence-corrected chi connectivity index (χ3v) is 5.40. The summed E-state index contributed by atoms with van der Waals surface area (Å²) in [5, 5.41) is 11.7. The van der Waals surface area contributed by atoms with Crippen molar-refractivity contribution in [2.45, 2.75) is 19.4 Å². The van der Waals surface area contributed by atoms with Crippen molar-refractivity contribution in [1.29, 1.82) is 0 Å². The van der Waals surface area contributed by atoms with Crippen LogP contribution in [-0.2, 0) is 9.59 Å². The van der Waals surface area contributed by atoms with E-state index in [1.165, 1.54) is 4.90 Å². The molecule has 7 heteroatoms. The average molecular weight is 443 g/mol. The zero-order valence-corrected chi connectivity index (χ0v) is 18.7. The number of Topliss-reactive ketones (excluding diaryl/α,β-unsaturated/α-hetero) is 1. The topological polar surface area (TPSA) is 70.1 Å². The van der Waals surface area contributed by atoms with Gasteiger partial charge in [0, 0.05) is 17.1 Å². The molecule has 164 valence electrons. The van der Waals surface area contributed by atoms with Crippen molar-refractivity contribution in [1.82, 2.24) is 9.80 Å². The molecule has 3 rings (SSSR count). The number of aliphatic hydroxyl groups is 1. The fourth-order valence-electron chi connectivity index (χ4n) is 3.71. The lowest BCUT2D eigenvalue weighted by Gasteiger charge is -2.26. The highest BCUT2D eigenvalue weighted by molar-refractivity contribution is 6.46. The van der Waals surface area contributed by atoms with Gasteiger partial charge in [0.15, 0.2) is 0 Å².